The monoisotopic (exact) mass is 347 g/mol. The largest absolute Gasteiger partial charge is 0.378 e. The van der Waals surface area contributed by atoms with Gasteiger partial charge < -0.3 is 19.9 Å². The van der Waals surface area contributed by atoms with E-state index in [-0.39, 0.29) is 18.1 Å². The third kappa shape index (κ3) is 4.18. The number of aromatic nitrogens is 6. The molecule has 1 aliphatic heterocycles. The average Bonchev–Trinajstić information content (AvgIpc) is 3.06. The zero-order valence-electron chi connectivity index (χ0n) is 14.5. The van der Waals surface area contributed by atoms with Crippen LogP contribution in [-0.2, 0) is 18.3 Å². The highest BCUT2D eigenvalue weighted by atomic mass is 16.5. The normalized spacial score (nSPS) is 14.4. The quantitative estimate of drug-likeness (QED) is 0.714. The second kappa shape index (κ2) is 7.38. The first-order valence-corrected chi connectivity index (χ1v) is 7.92. The molecule has 1 N–H and O–H groups in total. The van der Waals surface area contributed by atoms with Crippen LogP contribution in [0, 0.1) is 0 Å². The summed E-state index contributed by atoms with van der Waals surface area (Å²) in [4.78, 5) is 29.3. The van der Waals surface area contributed by atoms with Crippen molar-refractivity contribution in [1.82, 2.24) is 35.3 Å². The number of hydrogen-bond acceptors (Lipinski definition) is 9. The van der Waals surface area contributed by atoms with E-state index in [1.807, 2.05) is 19.0 Å². The molecule has 0 saturated carbocycles. The maximum Gasteiger partial charge on any atom is 0.273 e. The first-order valence-electron chi connectivity index (χ1n) is 7.92. The number of rotatable bonds is 5. The van der Waals surface area contributed by atoms with Gasteiger partial charge in [0, 0.05) is 34.2 Å². The molecule has 1 saturated heterocycles. The average molecular weight is 347 g/mol. The molecular weight excluding hydrogens is 326 g/mol. The lowest BCUT2D eigenvalue weighted by Gasteiger charge is -2.27. The van der Waals surface area contributed by atoms with E-state index in [4.69, 9.17) is 4.74 Å². The van der Waals surface area contributed by atoms with Crippen LogP contribution in [0.25, 0.3) is 0 Å². The van der Waals surface area contributed by atoms with Crippen molar-refractivity contribution in [2.75, 3.05) is 50.2 Å². The van der Waals surface area contributed by atoms with E-state index < -0.39 is 0 Å². The van der Waals surface area contributed by atoms with E-state index in [0.29, 0.717) is 30.9 Å². The van der Waals surface area contributed by atoms with Crippen LogP contribution in [0.4, 0.5) is 11.9 Å². The SMILES string of the molecule is CN(C)c1nc(CNC(=O)c2cn(C)nn2)nc(N2CCOCC2)n1. The Morgan fingerprint density at radius 3 is 2.68 bits per heavy atom. The lowest BCUT2D eigenvalue weighted by Crippen LogP contribution is -2.38. The molecule has 1 aliphatic rings. The summed E-state index contributed by atoms with van der Waals surface area (Å²) in [7, 11) is 5.43. The number of nitrogens with zero attached hydrogens (tertiary/aromatic N) is 8. The van der Waals surface area contributed by atoms with Gasteiger partial charge in [-0.2, -0.15) is 15.0 Å². The van der Waals surface area contributed by atoms with Gasteiger partial charge in [0.2, 0.25) is 11.9 Å². The van der Waals surface area contributed by atoms with E-state index >= 15 is 0 Å². The maximum atomic E-state index is 12.1. The van der Waals surface area contributed by atoms with Crippen molar-refractivity contribution in [3.8, 4) is 0 Å². The predicted octanol–water partition coefficient (Wildman–Crippen LogP) is -1.17. The van der Waals surface area contributed by atoms with Crippen molar-refractivity contribution in [2.45, 2.75) is 6.54 Å². The molecule has 2 aromatic heterocycles. The molecule has 3 rings (SSSR count). The minimum Gasteiger partial charge on any atom is -0.378 e. The van der Waals surface area contributed by atoms with Gasteiger partial charge in [0.1, 0.15) is 0 Å². The van der Waals surface area contributed by atoms with E-state index in [1.54, 1.807) is 18.1 Å². The van der Waals surface area contributed by atoms with Gasteiger partial charge in [-0.05, 0) is 0 Å². The van der Waals surface area contributed by atoms with Crippen LogP contribution in [0.2, 0.25) is 0 Å². The molecule has 0 atom stereocenters. The van der Waals surface area contributed by atoms with Crippen LogP contribution >= 0.6 is 0 Å². The number of amides is 1. The van der Waals surface area contributed by atoms with E-state index in [9.17, 15) is 4.79 Å². The number of carbonyl (C=O) groups is 1. The summed E-state index contributed by atoms with van der Waals surface area (Å²) in [6, 6.07) is 0. The van der Waals surface area contributed by atoms with Crippen LogP contribution in [0.3, 0.4) is 0 Å². The van der Waals surface area contributed by atoms with Gasteiger partial charge >= 0.3 is 0 Å². The molecule has 11 nitrogen and oxygen atoms in total. The fraction of sp³-hybridized carbons (Fsp3) is 0.571. The molecule has 0 unspecified atom stereocenters. The first kappa shape index (κ1) is 17.0. The molecule has 25 heavy (non-hydrogen) atoms. The first-order chi connectivity index (χ1) is 12.0. The van der Waals surface area contributed by atoms with Gasteiger partial charge in [0.05, 0.1) is 26.0 Å². The van der Waals surface area contributed by atoms with Gasteiger partial charge in [-0.3, -0.25) is 9.48 Å². The maximum absolute atomic E-state index is 12.1. The number of ether oxygens (including phenoxy) is 1. The van der Waals surface area contributed by atoms with Crippen LogP contribution < -0.4 is 15.1 Å². The van der Waals surface area contributed by atoms with Gasteiger partial charge in [-0.15, -0.1) is 5.10 Å². The van der Waals surface area contributed by atoms with Crippen LogP contribution in [0.1, 0.15) is 16.3 Å². The zero-order valence-corrected chi connectivity index (χ0v) is 14.5. The van der Waals surface area contributed by atoms with E-state index in [0.717, 1.165) is 13.1 Å². The van der Waals surface area contributed by atoms with Crippen molar-refractivity contribution in [2.24, 2.45) is 7.05 Å². The third-order valence-electron chi connectivity index (χ3n) is 3.59. The number of nitrogens with one attached hydrogen (secondary N) is 1. The lowest BCUT2D eigenvalue weighted by atomic mass is 10.4. The number of morpholine rings is 1. The summed E-state index contributed by atoms with van der Waals surface area (Å²) in [5.41, 5.74) is 0.248. The summed E-state index contributed by atoms with van der Waals surface area (Å²) in [6.45, 7) is 2.91. The Bertz CT molecular complexity index is 740. The molecular formula is C14H21N9O2. The second-order valence-electron chi connectivity index (χ2n) is 5.81. The minimum atomic E-state index is -0.326. The molecule has 0 bridgehead atoms. The number of aryl methyl sites for hydroxylation is 1. The number of hydrogen-bond donors (Lipinski definition) is 1. The summed E-state index contributed by atoms with van der Waals surface area (Å²) in [6.07, 6.45) is 1.55. The summed E-state index contributed by atoms with van der Waals surface area (Å²) in [5.74, 6) is 1.29. The Morgan fingerprint density at radius 1 is 1.28 bits per heavy atom. The van der Waals surface area contributed by atoms with Crippen molar-refractivity contribution < 1.29 is 9.53 Å². The van der Waals surface area contributed by atoms with Gasteiger partial charge in [-0.1, -0.05) is 5.21 Å². The number of carbonyl (C=O) groups excluding carboxylic acids is 1. The summed E-state index contributed by atoms with van der Waals surface area (Å²) in [5, 5.41) is 10.3. The number of anilines is 2. The molecule has 134 valence electrons. The van der Waals surface area contributed by atoms with Gasteiger partial charge in [0.25, 0.3) is 5.91 Å². The molecule has 1 amide bonds. The van der Waals surface area contributed by atoms with Crippen LogP contribution in [0.5, 0.6) is 0 Å². The Hall–Kier alpha value is -2.82. The van der Waals surface area contributed by atoms with Crippen molar-refractivity contribution in [3.05, 3.63) is 17.7 Å². The zero-order chi connectivity index (χ0) is 17.8. The molecule has 3 heterocycles. The predicted molar refractivity (Wildman–Crippen MR) is 89.4 cm³/mol. The van der Waals surface area contributed by atoms with Crippen LogP contribution in [0.15, 0.2) is 6.20 Å². The second-order valence-corrected chi connectivity index (χ2v) is 5.81. The molecule has 0 spiro atoms. The molecule has 0 radical (unpaired) electrons. The lowest BCUT2D eigenvalue weighted by molar-refractivity contribution is 0.0944. The Labute approximate surface area is 145 Å². The topological polar surface area (TPSA) is 114 Å². The standard InChI is InChI=1S/C14H21N9O2/c1-21(2)13-16-11(8-15-12(24)10-9-22(3)20-19-10)17-14(18-13)23-4-6-25-7-5-23/h9H,4-8H2,1-3H3,(H,15,24). The molecule has 11 heteroatoms. The summed E-state index contributed by atoms with van der Waals surface area (Å²) >= 11 is 0. The summed E-state index contributed by atoms with van der Waals surface area (Å²) < 4.78 is 6.83. The minimum absolute atomic E-state index is 0.177. The fourth-order valence-corrected chi connectivity index (χ4v) is 2.28. The smallest absolute Gasteiger partial charge is 0.273 e. The van der Waals surface area contributed by atoms with E-state index in [2.05, 4.69) is 30.6 Å². The van der Waals surface area contributed by atoms with Gasteiger partial charge in [-0.25, -0.2) is 0 Å². The van der Waals surface area contributed by atoms with Gasteiger partial charge in [0.15, 0.2) is 11.5 Å². The Balaban J connectivity index is 1.75. The third-order valence-corrected chi connectivity index (χ3v) is 3.59. The van der Waals surface area contributed by atoms with Crippen molar-refractivity contribution in [3.63, 3.8) is 0 Å². The highest BCUT2D eigenvalue weighted by molar-refractivity contribution is 5.91. The highest BCUT2D eigenvalue weighted by Gasteiger charge is 2.18. The van der Waals surface area contributed by atoms with Crippen LogP contribution in [-0.4, -0.2) is 76.3 Å². The van der Waals surface area contributed by atoms with E-state index in [1.165, 1.54) is 4.68 Å². The molecule has 1 fully saturated rings. The molecule has 2 aromatic rings. The highest BCUT2D eigenvalue weighted by Crippen LogP contribution is 2.14. The Kier molecular flexibility index (Phi) is 5.03. The molecule has 0 aromatic carbocycles. The van der Waals surface area contributed by atoms with Crippen molar-refractivity contribution in [1.29, 1.82) is 0 Å². The Morgan fingerprint density at radius 2 is 2.04 bits per heavy atom. The molecule has 0 aliphatic carbocycles. The fourth-order valence-electron chi connectivity index (χ4n) is 2.28. The van der Waals surface area contributed by atoms with Crippen molar-refractivity contribution >= 4 is 17.8 Å².